The molecule has 0 spiro atoms. The minimum absolute atomic E-state index is 0.0928. The molecule has 0 bridgehead atoms. The van der Waals surface area contributed by atoms with Gasteiger partial charge in [0.1, 0.15) is 0 Å². The summed E-state index contributed by atoms with van der Waals surface area (Å²) in [6.45, 7) is 2.13. The molecule has 2 N–H and O–H groups in total. The number of alkyl halides is 3. The van der Waals surface area contributed by atoms with Gasteiger partial charge in [0.15, 0.2) is 0 Å². The standard InChI is InChI=1S/C13H19F3N2S/c1-9(8-19-3)18(2)12-5-4-11(13(14,15)16)6-10(12)7-17/h4-6,9H,7-8,17H2,1-3H3. The van der Waals surface area contributed by atoms with E-state index in [4.69, 9.17) is 5.73 Å². The molecule has 6 heteroatoms. The second-order valence-electron chi connectivity index (χ2n) is 4.46. The van der Waals surface area contributed by atoms with Gasteiger partial charge in [0.05, 0.1) is 5.56 Å². The number of benzene rings is 1. The van der Waals surface area contributed by atoms with Gasteiger partial charge in [-0.25, -0.2) is 0 Å². The van der Waals surface area contributed by atoms with Crippen LogP contribution in [0.3, 0.4) is 0 Å². The zero-order valence-electron chi connectivity index (χ0n) is 11.3. The van der Waals surface area contributed by atoms with Crippen LogP contribution in [0.25, 0.3) is 0 Å². The Morgan fingerprint density at radius 2 is 2.00 bits per heavy atom. The fraction of sp³-hybridized carbons (Fsp3) is 0.538. The number of nitrogens with zero attached hydrogens (tertiary/aromatic N) is 1. The lowest BCUT2D eigenvalue weighted by Gasteiger charge is -2.29. The van der Waals surface area contributed by atoms with Crippen LogP contribution in [0.4, 0.5) is 18.9 Å². The van der Waals surface area contributed by atoms with E-state index in [-0.39, 0.29) is 12.6 Å². The molecule has 0 saturated carbocycles. The van der Waals surface area contributed by atoms with E-state index in [1.807, 2.05) is 25.1 Å². The average Bonchev–Trinajstić information content (AvgIpc) is 2.36. The number of anilines is 1. The molecule has 0 aromatic heterocycles. The second kappa shape index (κ2) is 6.52. The normalized spacial score (nSPS) is 13.4. The van der Waals surface area contributed by atoms with Crippen LogP contribution in [0.2, 0.25) is 0 Å². The highest BCUT2D eigenvalue weighted by Gasteiger charge is 2.31. The molecule has 2 nitrogen and oxygen atoms in total. The molecular formula is C13H19F3N2S. The molecule has 1 aromatic carbocycles. The molecule has 0 heterocycles. The summed E-state index contributed by atoms with van der Waals surface area (Å²) in [7, 11) is 1.88. The van der Waals surface area contributed by atoms with Crippen molar-refractivity contribution in [2.75, 3.05) is 24.0 Å². The number of thioether (sulfide) groups is 1. The molecule has 0 amide bonds. The van der Waals surface area contributed by atoms with Crippen molar-refractivity contribution in [3.05, 3.63) is 29.3 Å². The van der Waals surface area contributed by atoms with Crippen molar-refractivity contribution in [1.29, 1.82) is 0 Å². The van der Waals surface area contributed by atoms with E-state index in [1.165, 1.54) is 6.07 Å². The van der Waals surface area contributed by atoms with Crippen molar-refractivity contribution in [2.45, 2.75) is 25.7 Å². The minimum atomic E-state index is -4.33. The van der Waals surface area contributed by atoms with Gasteiger partial charge in [0.2, 0.25) is 0 Å². The highest BCUT2D eigenvalue weighted by molar-refractivity contribution is 7.98. The molecule has 1 rings (SSSR count). The maximum Gasteiger partial charge on any atom is 0.416 e. The molecule has 0 radical (unpaired) electrons. The summed E-state index contributed by atoms with van der Waals surface area (Å²) in [6, 6.07) is 3.98. The molecule has 19 heavy (non-hydrogen) atoms. The topological polar surface area (TPSA) is 29.3 Å². The smallest absolute Gasteiger partial charge is 0.371 e. The van der Waals surface area contributed by atoms with Crippen molar-refractivity contribution in [3.63, 3.8) is 0 Å². The summed E-state index contributed by atoms with van der Waals surface area (Å²) in [6.07, 6.45) is -2.33. The lowest BCUT2D eigenvalue weighted by atomic mass is 10.1. The predicted molar refractivity (Wildman–Crippen MR) is 75.6 cm³/mol. The number of hydrogen-bond donors (Lipinski definition) is 1. The van der Waals surface area contributed by atoms with E-state index in [0.717, 1.165) is 23.6 Å². The summed E-state index contributed by atoms with van der Waals surface area (Å²) in [5.74, 6) is 0.904. The first-order valence-corrected chi connectivity index (χ1v) is 7.32. The maximum atomic E-state index is 12.7. The lowest BCUT2D eigenvalue weighted by Crippen LogP contribution is -2.32. The Kier molecular flexibility index (Phi) is 5.55. The Hall–Kier alpha value is -0.880. The number of hydrogen-bond acceptors (Lipinski definition) is 3. The van der Waals surface area contributed by atoms with E-state index in [1.54, 1.807) is 11.8 Å². The van der Waals surface area contributed by atoms with Crippen LogP contribution in [-0.2, 0) is 12.7 Å². The van der Waals surface area contributed by atoms with Gasteiger partial charge in [-0.2, -0.15) is 24.9 Å². The molecular weight excluding hydrogens is 273 g/mol. The van der Waals surface area contributed by atoms with Crippen LogP contribution in [-0.4, -0.2) is 25.1 Å². The fourth-order valence-corrected chi connectivity index (χ4v) is 2.57. The van der Waals surface area contributed by atoms with Crippen molar-refractivity contribution >= 4 is 17.4 Å². The first-order chi connectivity index (χ1) is 8.81. The first-order valence-electron chi connectivity index (χ1n) is 5.93. The number of nitrogens with two attached hydrogens (primary N) is 1. The molecule has 0 aliphatic heterocycles. The summed E-state index contributed by atoms with van der Waals surface area (Å²) in [5.41, 5.74) is 6.21. The van der Waals surface area contributed by atoms with Gasteiger partial charge in [0.25, 0.3) is 0 Å². The zero-order chi connectivity index (χ0) is 14.6. The van der Waals surface area contributed by atoms with Gasteiger partial charge in [-0.3, -0.25) is 0 Å². The van der Waals surface area contributed by atoms with Crippen LogP contribution in [0.5, 0.6) is 0 Å². The van der Waals surface area contributed by atoms with Crippen molar-refractivity contribution in [2.24, 2.45) is 5.73 Å². The lowest BCUT2D eigenvalue weighted by molar-refractivity contribution is -0.137. The third-order valence-electron chi connectivity index (χ3n) is 3.08. The fourth-order valence-electron chi connectivity index (χ4n) is 1.86. The van der Waals surface area contributed by atoms with E-state index < -0.39 is 11.7 Å². The first kappa shape index (κ1) is 16.2. The average molecular weight is 292 g/mol. The largest absolute Gasteiger partial charge is 0.416 e. The van der Waals surface area contributed by atoms with Crippen molar-refractivity contribution in [3.8, 4) is 0 Å². The third kappa shape index (κ3) is 4.04. The van der Waals surface area contributed by atoms with E-state index in [9.17, 15) is 13.2 Å². The van der Waals surface area contributed by atoms with Gasteiger partial charge in [-0.05, 0) is 36.9 Å². The SMILES string of the molecule is CSCC(C)N(C)c1ccc(C(F)(F)F)cc1CN. The minimum Gasteiger partial charge on any atom is -0.371 e. The number of rotatable bonds is 5. The molecule has 1 atom stereocenters. The summed E-state index contributed by atoms with van der Waals surface area (Å²) in [4.78, 5) is 1.97. The Balaban J connectivity index is 3.09. The molecule has 0 aliphatic rings. The van der Waals surface area contributed by atoms with Crippen LogP contribution < -0.4 is 10.6 Å². The monoisotopic (exact) mass is 292 g/mol. The maximum absolute atomic E-state index is 12.7. The van der Waals surface area contributed by atoms with Crippen LogP contribution >= 0.6 is 11.8 Å². The highest BCUT2D eigenvalue weighted by atomic mass is 32.2. The van der Waals surface area contributed by atoms with Crippen LogP contribution in [0, 0.1) is 0 Å². The Labute approximate surface area is 116 Å². The van der Waals surface area contributed by atoms with Gasteiger partial charge in [0, 0.05) is 31.1 Å². The third-order valence-corrected chi connectivity index (χ3v) is 3.89. The van der Waals surface area contributed by atoms with Gasteiger partial charge >= 0.3 is 6.18 Å². The van der Waals surface area contributed by atoms with Crippen LogP contribution in [0.15, 0.2) is 18.2 Å². The molecule has 1 aromatic rings. The summed E-state index contributed by atoms with van der Waals surface area (Å²) < 4.78 is 38.0. The van der Waals surface area contributed by atoms with E-state index in [2.05, 4.69) is 0 Å². The predicted octanol–water partition coefficient (Wildman–Crippen LogP) is 3.35. The Morgan fingerprint density at radius 1 is 1.37 bits per heavy atom. The molecule has 108 valence electrons. The summed E-state index contributed by atoms with van der Waals surface area (Å²) in [5, 5.41) is 0. The quantitative estimate of drug-likeness (QED) is 0.902. The van der Waals surface area contributed by atoms with E-state index >= 15 is 0 Å². The van der Waals surface area contributed by atoms with Gasteiger partial charge < -0.3 is 10.6 Å². The van der Waals surface area contributed by atoms with Crippen LogP contribution in [0.1, 0.15) is 18.1 Å². The molecule has 0 fully saturated rings. The molecule has 0 saturated heterocycles. The van der Waals surface area contributed by atoms with Crippen molar-refractivity contribution in [1.82, 2.24) is 0 Å². The molecule has 0 aliphatic carbocycles. The Morgan fingerprint density at radius 3 is 2.47 bits per heavy atom. The highest BCUT2D eigenvalue weighted by Crippen LogP contribution is 2.33. The van der Waals surface area contributed by atoms with E-state index in [0.29, 0.717) is 5.56 Å². The van der Waals surface area contributed by atoms with Gasteiger partial charge in [-0.15, -0.1) is 0 Å². The zero-order valence-corrected chi connectivity index (χ0v) is 12.1. The molecule has 1 unspecified atom stereocenters. The Bertz CT molecular complexity index is 421. The number of halogens is 3. The second-order valence-corrected chi connectivity index (χ2v) is 5.37. The van der Waals surface area contributed by atoms with Gasteiger partial charge in [-0.1, -0.05) is 0 Å². The summed E-state index contributed by atoms with van der Waals surface area (Å²) >= 11 is 1.70. The van der Waals surface area contributed by atoms with Crippen molar-refractivity contribution < 1.29 is 13.2 Å².